The van der Waals surface area contributed by atoms with Crippen molar-refractivity contribution in [3.05, 3.63) is 29.3 Å². The maximum absolute atomic E-state index is 11.2. The fourth-order valence-electron chi connectivity index (χ4n) is 2.89. The standard InChI is InChI=1S/C15H20ClNO3/c1-20-14-5-3-2-4-13(14)17(10-15(18)19)12-8-6-11(16)7-9-12/h6-9,13-14H,2-5,10H2,1H3,(H,18,19). The predicted octanol–water partition coefficient (Wildman–Crippen LogP) is 3.19. The Hall–Kier alpha value is -1.26. The number of carbonyl (C=O) groups is 1. The Bertz CT molecular complexity index is 449. The summed E-state index contributed by atoms with van der Waals surface area (Å²) in [5.41, 5.74) is 0.880. The van der Waals surface area contributed by atoms with Gasteiger partial charge in [0.1, 0.15) is 6.54 Å². The molecule has 1 N–H and O–H groups in total. The molecule has 5 heteroatoms. The highest BCUT2D eigenvalue weighted by atomic mass is 35.5. The number of carboxylic acid groups (broad SMARTS) is 1. The number of carboxylic acids is 1. The van der Waals surface area contributed by atoms with Crippen molar-refractivity contribution in [1.82, 2.24) is 0 Å². The summed E-state index contributed by atoms with van der Waals surface area (Å²) in [4.78, 5) is 13.1. The molecule has 0 heterocycles. The first-order chi connectivity index (χ1) is 9.61. The zero-order valence-electron chi connectivity index (χ0n) is 11.6. The van der Waals surface area contributed by atoms with E-state index in [-0.39, 0.29) is 18.7 Å². The SMILES string of the molecule is COC1CCCCC1N(CC(=O)O)c1ccc(Cl)cc1. The van der Waals surface area contributed by atoms with Crippen LogP contribution in [0.2, 0.25) is 5.02 Å². The van der Waals surface area contributed by atoms with Crippen LogP contribution >= 0.6 is 11.6 Å². The summed E-state index contributed by atoms with van der Waals surface area (Å²) in [5, 5.41) is 9.83. The summed E-state index contributed by atoms with van der Waals surface area (Å²) < 4.78 is 5.55. The van der Waals surface area contributed by atoms with Crippen molar-refractivity contribution in [3.8, 4) is 0 Å². The second-order valence-corrected chi connectivity index (χ2v) is 5.56. The summed E-state index contributed by atoms with van der Waals surface area (Å²) in [6.45, 7) is -0.0217. The number of benzene rings is 1. The van der Waals surface area contributed by atoms with Gasteiger partial charge in [0.2, 0.25) is 0 Å². The van der Waals surface area contributed by atoms with Crippen LogP contribution in [0.5, 0.6) is 0 Å². The average molecular weight is 298 g/mol. The van der Waals surface area contributed by atoms with E-state index in [4.69, 9.17) is 16.3 Å². The van der Waals surface area contributed by atoms with Crippen LogP contribution in [-0.2, 0) is 9.53 Å². The molecule has 1 saturated carbocycles. The molecule has 2 rings (SSSR count). The lowest BCUT2D eigenvalue weighted by Crippen LogP contribution is -2.48. The molecule has 110 valence electrons. The molecule has 0 radical (unpaired) electrons. The molecule has 2 atom stereocenters. The lowest BCUT2D eigenvalue weighted by molar-refractivity contribution is -0.135. The third kappa shape index (κ3) is 3.64. The Morgan fingerprint density at radius 3 is 2.60 bits per heavy atom. The fourth-order valence-corrected chi connectivity index (χ4v) is 3.01. The molecule has 0 saturated heterocycles. The van der Waals surface area contributed by atoms with Crippen molar-refractivity contribution < 1.29 is 14.6 Å². The van der Waals surface area contributed by atoms with Crippen LogP contribution in [0.25, 0.3) is 0 Å². The first-order valence-corrected chi connectivity index (χ1v) is 7.26. The zero-order valence-corrected chi connectivity index (χ0v) is 12.3. The lowest BCUT2D eigenvalue weighted by Gasteiger charge is -2.39. The van der Waals surface area contributed by atoms with Crippen LogP contribution in [0.15, 0.2) is 24.3 Å². The molecular weight excluding hydrogens is 278 g/mol. The molecule has 1 aromatic rings. The number of nitrogens with zero attached hydrogens (tertiary/aromatic N) is 1. The molecule has 4 nitrogen and oxygen atoms in total. The number of ether oxygens (including phenoxy) is 1. The molecule has 0 spiro atoms. The van der Waals surface area contributed by atoms with Gasteiger partial charge in [0, 0.05) is 17.8 Å². The van der Waals surface area contributed by atoms with E-state index in [0.29, 0.717) is 5.02 Å². The Balaban J connectivity index is 2.25. The van der Waals surface area contributed by atoms with E-state index >= 15 is 0 Å². The van der Waals surface area contributed by atoms with Gasteiger partial charge >= 0.3 is 5.97 Å². The van der Waals surface area contributed by atoms with E-state index in [0.717, 1.165) is 31.4 Å². The highest BCUT2D eigenvalue weighted by Crippen LogP contribution is 2.29. The molecule has 1 aromatic carbocycles. The van der Waals surface area contributed by atoms with Gasteiger partial charge in [-0.05, 0) is 37.1 Å². The predicted molar refractivity (Wildman–Crippen MR) is 79.5 cm³/mol. The van der Waals surface area contributed by atoms with E-state index in [1.54, 1.807) is 19.2 Å². The molecule has 1 fully saturated rings. The molecule has 2 unspecified atom stereocenters. The van der Waals surface area contributed by atoms with Crippen molar-refractivity contribution in [1.29, 1.82) is 0 Å². The van der Waals surface area contributed by atoms with Gasteiger partial charge in [-0.1, -0.05) is 24.4 Å². The van der Waals surface area contributed by atoms with Crippen molar-refractivity contribution in [2.75, 3.05) is 18.6 Å². The van der Waals surface area contributed by atoms with Crippen LogP contribution in [0.3, 0.4) is 0 Å². The van der Waals surface area contributed by atoms with Crippen LogP contribution in [0, 0.1) is 0 Å². The normalized spacial score (nSPS) is 22.5. The van der Waals surface area contributed by atoms with Crippen LogP contribution in [0.4, 0.5) is 5.69 Å². The van der Waals surface area contributed by atoms with Gasteiger partial charge in [-0.15, -0.1) is 0 Å². The highest BCUT2D eigenvalue weighted by Gasteiger charge is 2.31. The van der Waals surface area contributed by atoms with Crippen LogP contribution < -0.4 is 4.90 Å². The van der Waals surface area contributed by atoms with Gasteiger partial charge < -0.3 is 14.7 Å². The second-order valence-electron chi connectivity index (χ2n) is 5.12. The molecule has 1 aliphatic rings. The van der Waals surface area contributed by atoms with Gasteiger partial charge in [0.05, 0.1) is 12.1 Å². The van der Waals surface area contributed by atoms with Crippen LogP contribution in [-0.4, -0.2) is 36.9 Å². The van der Waals surface area contributed by atoms with Crippen molar-refractivity contribution in [3.63, 3.8) is 0 Å². The number of rotatable bonds is 5. The molecular formula is C15H20ClNO3. The van der Waals surface area contributed by atoms with Crippen molar-refractivity contribution >= 4 is 23.3 Å². The number of hydrogen-bond donors (Lipinski definition) is 1. The summed E-state index contributed by atoms with van der Waals surface area (Å²) >= 11 is 5.90. The summed E-state index contributed by atoms with van der Waals surface area (Å²) in [7, 11) is 1.70. The summed E-state index contributed by atoms with van der Waals surface area (Å²) in [6.07, 6.45) is 4.25. The van der Waals surface area contributed by atoms with Crippen molar-refractivity contribution in [2.24, 2.45) is 0 Å². The number of methoxy groups -OCH3 is 1. The topological polar surface area (TPSA) is 49.8 Å². The first kappa shape index (κ1) is 15.1. The second kappa shape index (κ2) is 6.95. The zero-order chi connectivity index (χ0) is 14.5. The number of anilines is 1. The van der Waals surface area contributed by atoms with Gasteiger partial charge in [-0.25, -0.2) is 0 Å². The van der Waals surface area contributed by atoms with Crippen LogP contribution in [0.1, 0.15) is 25.7 Å². The Kier molecular flexibility index (Phi) is 5.26. The lowest BCUT2D eigenvalue weighted by atomic mass is 9.90. The minimum atomic E-state index is -0.833. The quantitative estimate of drug-likeness (QED) is 0.907. The first-order valence-electron chi connectivity index (χ1n) is 6.88. The van der Waals surface area contributed by atoms with E-state index < -0.39 is 5.97 Å². The van der Waals surface area contributed by atoms with Gasteiger partial charge in [0.15, 0.2) is 0 Å². The van der Waals surface area contributed by atoms with E-state index in [2.05, 4.69) is 0 Å². The maximum atomic E-state index is 11.2. The monoisotopic (exact) mass is 297 g/mol. The third-order valence-electron chi connectivity index (χ3n) is 3.83. The Labute approximate surface area is 124 Å². The van der Waals surface area contributed by atoms with E-state index in [1.165, 1.54) is 0 Å². The van der Waals surface area contributed by atoms with E-state index in [9.17, 15) is 9.90 Å². The Morgan fingerprint density at radius 2 is 2.00 bits per heavy atom. The highest BCUT2D eigenvalue weighted by molar-refractivity contribution is 6.30. The summed E-state index contributed by atoms with van der Waals surface area (Å²) in [5.74, 6) is -0.833. The minimum Gasteiger partial charge on any atom is -0.480 e. The number of hydrogen-bond acceptors (Lipinski definition) is 3. The fraction of sp³-hybridized carbons (Fsp3) is 0.533. The average Bonchev–Trinajstić information content (AvgIpc) is 2.45. The minimum absolute atomic E-state index is 0.0217. The molecule has 0 amide bonds. The summed E-state index contributed by atoms with van der Waals surface area (Å²) in [6, 6.07) is 7.41. The molecule has 0 bridgehead atoms. The molecule has 20 heavy (non-hydrogen) atoms. The van der Waals surface area contributed by atoms with Crippen molar-refractivity contribution in [2.45, 2.75) is 37.8 Å². The van der Waals surface area contributed by atoms with Gasteiger partial charge in [-0.3, -0.25) is 4.79 Å². The Morgan fingerprint density at radius 1 is 1.35 bits per heavy atom. The number of aliphatic carboxylic acids is 1. The van der Waals surface area contributed by atoms with Gasteiger partial charge in [0.25, 0.3) is 0 Å². The molecule has 0 aliphatic heterocycles. The third-order valence-corrected chi connectivity index (χ3v) is 4.09. The molecule has 0 aromatic heterocycles. The largest absolute Gasteiger partial charge is 0.480 e. The number of halogens is 1. The maximum Gasteiger partial charge on any atom is 0.323 e. The van der Waals surface area contributed by atoms with E-state index in [1.807, 2.05) is 17.0 Å². The smallest absolute Gasteiger partial charge is 0.323 e. The molecule has 1 aliphatic carbocycles. The van der Waals surface area contributed by atoms with Gasteiger partial charge in [-0.2, -0.15) is 0 Å².